The van der Waals surface area contributed by atoms with Gasteiger partial charge in [-0.25, -0.2) is 22.9 Å². The van der Waals surface area contributed by atoms with Crippen LogP contribution in [-0.2, 0) is 41.7 Å². The first kappa shape index (κ1) is 41.1. The third kappa shape index (κ3) is 7.76. The summed E-state index contributed by atoms with van der Waals surface area (Å²) in [6.45, 7) is 6.04. The van der Waals surface area contributed by atoms with E-state index in [-0.39, 0.29) is 47.9 Å². The van der Waals surface area contributed by atoms with Crippen molar-refractivity contribution in [3.05, 3.63) is 41.6 Å². The number of sulfonamides is 1. The number of alkyl halides is 3. The molecule has 2 aliphatic carbocycles. The zero-order valence-corrected chi connectivity index (χ0v) is 33.4. The molecule has 4 N–H and O–H groups in total. The molecule has 312 valence electrons. The van der Waals surface area contributed by atoms with Gasteiger partial charge in [-0.15, -0.1) is 0 Å². The predicted molar refractivity (Wildman–Crippen MR) is 202 cm³/mol. The second-order valence-electron chi connectivity index (χ2n) is 17.1. The number of hydrogen-bond donors (Lipinski definition) is 4. The molecule has 5 atom stereocenters. The van der Waals surface area contributed by atoms with Crippen molar-refractivity contribution in [2.75, 3.05) is 6.54 Å². The number of phenolic OH excluding ortho intramolecular Hbond substituents is 1. The molecule has 0 radical (unpaired) electrons. The van der Waals surface area contributed by atoms with E-state index in [0.717, 1.165) is 4.90 Å². The number of allylic oxidation sites excluding steroid dienone is 1. The van der Waals surface area contributed by atoms with Crippen LogP contribution in [0, 0.1) is 17.8 Å². The van der Waals surface area contributed by atoms with E-state index in [1.807, 2.05) is 0 Å². The lowest BCUT2D eigenvalue weighted by molar-refractivity contribution is -0.144. The van der Waals surface area contributed by atoms with Gasteiger partial charge in [0.2, 0.25) is 21.8 Å². The summed E-state index contributed by atoms with van der Waals surface area (Å²) in [5.41, 5.74) is -5.77. The van der Waals surface area contributed by atoms with E-state index in [4.69, 9.17) is 9.47 Å². The molecule has 1 saturated heterocycles. The molecule has 1 aromatic heterocycles. The maximum Gasteiger partial charge on any atom is 0.437 e. The minimum atomic E-state index is -4.98. The third-order valence-corrected chi connectivity index (χ3v) is 13.7. The summed E-state index contributed by atoms with van der Waals surface area (Å²) in [5.74, 6) is 1.03. The van der Waals surface area contributed by atoms with Crippen molar-refractivity contribution < 1.29 is 55.3 Å². The number of pyridine rings is 1. The van der Waals surface area contributed by atoms with Crippen molar-refractivity contribution in [1.29, 1.82) is 0 Å². The van der Waals surface area contributed by atoms with E-state index in [9.17, 15) is 45.9 Å². The normalized spacial score (nSPS) is 28.2. The Morgan fingerprint density at radius 1 is 1.12 bits per heavy atom. The summed E-state index contributed by atoms with van der Waals surface area (Å²) in [6.07, 6.45) is 0.260. The van der Waals surface area contributed by atoms with Crippen LogP contribution in [0.15, 0.2) is 30.4 Å². The second-order valence-corrected chi connectivity index (χ2v) is 19.3. The van der Waals surface area contributed by atoms with Crippen LogP contribution in [0.2, 0.25) is 0 Å². The average Bonchev–Trinajstić information content (AvgIpc) is 3.78. The molecule has 3 aliphatic heterocycles. The van der Waals surface area contributed by atoms with Gasteiger partial charge in [-0.2, -0.15) is 13.2 Å². The minimum absolute atomic E-state index is 0.0143. The number of alkyl carbamates (subject to hydrolysis) is 1. The van der Waals surface area contributed by atoms with Crippen LogP contribution >= 0.6 is 0 Å². The van der Waals surface area contributed by atoms with Gasteiger partial charge in [0.1, 0.15) is 29.0 Å². The van der Waals surface area contributed by atoms with Gasteiger partial charge in [0.25, 0.3) is 5.91 Å². The van der Waals surface area contributed by atoms with Crippen LogP contribution in [-0.4, -0.2) is 87.3 Å². The molecule has 18 heteroatoms. The second kappa shape index (κ2) is 14.3. The zero-order valence-electron chi connectivity index (χ0n) is 32.5. The quantitative estimate of drug-likeness (QED) is 0.252. The van der Waals surface area contributed by atoms with Gasteiger partial charge in [0.15, 0.2) is 17.0 Å². The molecular formula is C40H46F3N5O9S. The Kier molecular flexibility index (Phi) is 10.2. The Morgan fingerprint density at radius 3 is 2.52 bits per heavy atom. The van der Waals surface area contributed by atoms with E-state index in [2.05, 4.69) is 32.2 Å². The topological polar surface area (TPSA) is 193 Å². The Hall–Kier alpha value is -5.05. The zero-order chi connectivity index (χ0) is 42.1. The number of aryl methyl sites for hydroxylation is 1. The number of carbonyl (C=O) groups excluding carboxylic acids is 4. The lowest BCUT2D eigenvalue weighted by Crippen LogP contribution is -2.68. The number of phenols is 1. The number of amides is 4. The van der Waals surface area contributed by atoms with Crippen LogP contribution in [0.4, 0.5) is 18.0 Å². The summed E-state index contributed by atoms with van der Waals surface area (Å²) >= 11 is 0. The number of hydrogen-bond acceptors (Lipinski definition) is 10. The van der Waals surface area contributed by atoms with Crippen LogP contribution in [0.25, 0.3) is 10.9 Å². The molecule has 4 heterocycles. The molecule has 2 aromatic rings. The first-order chi connectivity index (χ1) is 27.1. The first-order valence-electron chi connectivity index (χ1n) is 19.4. The lowest BCUT2D eigenvalue weighted by Gasteiger charge is -2.38. The molecule has 1 aromatic carbocycles. The van der Waals surface area contributed by atoms with Crippen LogP contribution in [0.3, 0.4) is 0 Å². The monoisotopic (exact) mass is 829 g/mol. The highest BCUT2D eigenvalue weighted by Crippen LogP contribution is 2.49. The summed E-state index contributed by atoms with van der Waals surface area (Å²) in [4.78, 5) is 61.5. The van der Waals surface area contributed by atoms with Crippen molar-refractivity contribution in [3.63, 3.8) is 0 Å². The molecule has 1 spiro atoms. The lowest BCUT2D eigenvalue weighted by atomic mass is 9.75. The smallest absolute Gasteiger partial charge is 0.437 e. The highest BCUT2D eigenvalue weighted by atomic mass is 32.2. The Balaban J connectivity index is 1.29. The summed E-state index contributed by atoms with van der Waals surface area (Å²) in [5, 5.41) is 15.8. The maximum absolute atomic E-state index is 14.7. The van der Waals surface area contributed by atoms with Gasteiger partial charge in [-0.3, -0.25) is 14.4 Å². The fourth-order valence-electron chi connectivity index (χ4n) is 7.97. The van der Waals surface area contributed by atoms with Gasteiger partial charge >= 0.3 is 12.3 Å². The van der Waals surface area contributed by atoms with Crippen molar-refractivity contribution in [1.82, 2.24) is 25.2 Å². The Bertz CT molecular complexity index is 2280. The maximum atomic E-state index is 14.7. The van der Waals surface area contributed by atoms with Gasteiger partial charge in [0.05, 0.1) is 22.7 Å². The van der Waals surface area contributed by atoms with Gasteiger partial charge < -0.3 is 30.1 Å². The number of benzene rings is 1. The first-order valence-corrected chi connectivity index (χ1v) is 20.8. The molecule has 5 unspecified atom stereocenters. The highest BCUT2D eigenvalue weighted by Gasteiger charge is 2.59. The largest absolute Gasteiger partial charge is 0.508 e. The van der Waals surface area contributed by atoms with Crippen LogP contribution < -0.4 is 20.1 Å². The fraction of sp³-hybridized carbons (Fsp3) is 0.575. The summed E-state index contributed by atoms with van der Waals surface area (Å²) in [6, 6.07) is 1.08. The number of halogens is 3. The molecule has 5 aliphatic rings. The van der Waals surface area contributed by atoms with Crippen molar-refractivity contribution >= 4 is 44.7 Å². The summed E-state index contributed by atoms with van der Waals surface area (Å²) < 4.78 is 83.2. The number of rotatable bonds is 4. The van der Waals surface area contributed by atoms with Crippen molar-refractivity contribution in [2.24, 2.45) is 5.92 Å². The fourth-order valence-corrected chi connectivity index (χ4v) is 9.26. The van der Waals surface area contributed by atoms with E-state index in [0.29, 0.717) is 38.5 Å². The van der Waals surface area contributed by atoms with Gasteiger partial charge in [-0.1, -0.05) is 36.8 Å². The van der Waals surface area contributed by atoms with Crippen LogP contribution in [0.5, 0.6) is 11.5 Å². The number of nitrogens with one attached hydrogen (secondary N) is 3. The standard InChI is InChI=1S/C40H46F3N5O9S/c1-36(2,3)57-35(53)45-28-11-9-7-5-6-8-10-23-14-17-39(23,34(52)47-58(54,55)37(4)18-19-37)46-32(50)29-21-38(22-48(29)33(28)51)16-15-25-26-20-24(49)12-13-27(26)44-31(30(25)56-38)40(41,42)43/h8,10,12-13,20,23,28-29,49H,5-7,9,11,15-16,18-19,21-22H2,1-4H3,(H,45,53)(H,46,50)(H,47,52). The SMILES string of the molecule is CC(C)(C)OC(=O)NC1CCCCCC=CC2C#CC2(C(=O)NS(=O)(=O)C2(C)CC2)NC(=O)C2CC3(CCc4c(c(C(F)(F)F)nc5ccc(O)cc45)O3)CN2C1=O. The molecular weight excluding hydrogens is 784 g/mol. The molecule has 7 rings (SSSR count). The Labute approximate surface area is 333 Å². The van der Waals surface area contributed by atoms with Crippen molar-refractivity contribution in [2.45, 2.75) is 132 Å². The van der Waals surface area contributed by atoms with E-state index < -0.39 is 97.5 Å². The molecule has 1 saturated carbocycles. The molecule has 14 nitrogen and oxygen atoms in total. The summed E-state index contributed by atoms with van der Waals surface area (Å²) in [7, 11) is -4.18. The number of carbonyl (C=O) groups is 4. The highest BCUT2D eigenvalue weighted by molar-refractivity contribution is 7.91. The van der Waals surface area contributed by atoms with E-state index >= 15 is 0 Å². The molecule has 4 amide bonds. The number of fused-ring (bicyclic) bond motifs is 5. The van der Waals surface area contributed by atoms with Gasteiger partial charge in [0, 0.05) is 17.4 Å². The van der Waals surface area contributed by atoms with Crippen LogP contribution in [0.1, 0.15) is 96.7 Å². The van der Waals surface area contributed by atoms with Gasteiger partial charge in [-0.05, 0) is 90.8 Å². The molecule has 0 bridgehead atoms. The molecule has 58 heavy (non-hydrogen) atoms. The minimum Gasteiger partial charge on any atom is -0.508 e. The number of nitrogens with zero attached hydrogens (tertiary/aromatic N) is 2. The number of aromatic hydroxyl groups is 1. The van der Waals surface area contributed by atoms with E-state index in [1.54, 1.807) is 32.9 Å². The average molecular weight is 830 g/mol. The third-order valence-electron chi connectivity index (χ3n) is 11.5. The molecule has 2 fully saturated rings. The number of ether oxygens (including phenoxy) is 2. The predicted octanol–water partition coefficient (Wildman–Crippen LogP) is 4.52. The van der Waals surface area contributed by atoms with E-state index in [1.165, 1.54) is 25.1 Å². The number of aromatic nitrogens is 1. The Morgan fingerprint density at radius 2 is 1.86 bits per heavy atom. The van der Waals surface area contributed by atoms with Crippen molar-refractivity contribution in [3.8, 4) is 23.3 Å².